The number of hydrogen-bond acceptors (Lipinski definition) is 5. The van der Waals surface area contributed by atoms with Gasteiger partial charge in [0.2, 0.25) is 5.91 Å². The molecule has 1 fully saturated rings. The van der Waals surface area contributed by atoms with Crippen LogP contribution in [0.3, 0.4) is 0 Å². The molecule has 1 aliphatic rings. The molecule has 0 aromatic heterocycles. The van der Waals surface area contributed by atoms with E-state index < -0.39 is 12.1 Å². The van der Waals surface area contributed by atoms with Crippen molar-refractivity contribution in [3.8, 4) is 0 Å². The molecule has 0 unspecified atom stereocenters. The molecule has 31 heavy (non-hydrogen) atoms. The number of carbonyl (C=O) groups excluding carboxylic acids is 2. The van der Waals surface area contributed by atoms with Gasteiger partial charge in [-0.05, 0) is 24.0 Å². The number of amides is 2. The van der Waals surface area contributed by atoms with Gasteiger partial charge < -0.3 is 25.4 Å². The second-order valence-corrected chi connectivity index (χ2v) is 7.54. The lowest BCUT2D eigenvalue weighted by Gasteiger charge is -2.28. The summed E-state index contributed by atoms with van der Waals surface area (Å²) in [6, 6.07) is 18.6. The van der Waals surface area contributed by atoms with Crippen LogP contribution in [0.2, 0.25) is 0 Å². The number of alkyl carbamates (subject to hydrolysis) is 1. The van der Waals surface area contributed by atoms with Crippen molar-refractivity contribution >= 4 is 12.0 Å². The fourth-order valence-corrected chi connectivity index (χ4v) is 3.84. The predicted octanol–water partition coefficient (Wildman–Crippen LogP) is 2.43. The van der Waals surface area contributed by atoms with Crippen LogP contribution < -0.4 is 16.0 Å². The highest BCUT2D eigenvalue weighted by molar-refractivity contribution is 5.87. The topological polar surface area (TPSA) is 88.7 Å². The second-order valence-electron chi connectivity index (χ2n) is 7.54. The van der Waals surface area contributed by atoms with Crippen molar-refractivity contribution in [2.45, 2.75) is 30.9 Å². The quantitative estimate of drug-likeness (QED) is 0.537. The van der Waals surface area contributed by atoms with Gasteiger partial charge in [0, 0.05) is 25.6 Å². The number of rotatable bonds is 9. The summed E-state index contributed by atoms with van der Waals surface area (Å²) in [5, 5.41) is 9.04. The van der Waals surface area contributed by atoms with E-state index in [4.69, 9.17) is 9.47 Å². The zero-order valence-electron chi connectivity index (χ0n) is 17.9. The van der Waals surface area contributed by atoms with Gasteiger partial charge in [0.1, 0.15) is 6.04 Å². The Morgan fingerprint density at radius 1 is 1.10 bits per heavy atom. The first kappa shape index (κ1) is 22.8. The molecule has 0 bridgehead atoms. The summed E-state index contributed by atoms with van der Waals surface area (Å²) in [5.41, 5.74) is 1.87. The van der Waals surface area contributed by atoms with Crippen LogP contribution in [0, 0.1) is 0 Å². The molecule has 0 aliphatic carbocycles. The first-order valence-electron chi connectivity index (χ1n) is 10.7. The van der Waals surface area contributed by atoms with E-state index in [0.717, 1.165) is 43.7 Å². The Balaban J connectivity index is 1.73. The normalized spacial score (nSPS) is 17.0. The average molecular weight is 426 g/mol. The molecule has 3 rings (SSSR count). The number of methoxy groups -OCH3 is 1. The van der Waals surface area contributed by atoms with Gasteiger partial charge in [-0.2, -0.15) is 0 Å². The lowest BCUT2D eigenvalue weighted by Crippen LogP contribution is -2.50. The lowest BCUT2D eigenvalue weighted by atomic mass is 9.84. The van der Waals surface area contributed by atoms with Crippen molar-refractivity contribution in [1.82, 2.24) is 16.0 Å². The fraction of sp³-hybridized carbons (Fsp3) is 0.417. The van der Waals surface area contributed by atoms with Crippen molar-refractivity contribution in [2.75, 3.05) is 33.4 Å². The summed E-state index contributed by atoms with van der Waals surface area (Å²) in [4.78, 5) is 25.3. The van der Waals surface area contributed by atoms with E-state index in [0.29, 0.717) is 6.54 Å². The highest BCUT2D eigenvalue weighted by Gasteiger charge is 2.32. The van der Waals surface area contributed by atoms with Crippen LogP contribution in [0.4, 0.5) is 4.79 Å². The number of nitrogens with one attached hydrogen (secondary N) is 3. The predicted molar refractivity (Wildman–Crippen MR) is 119 cm³/mol. The van der Waals surface area contributed by atoms with Gasteiger partial charge in [0.05, 0.1) is 19.8 Å². The third-order valence-electron chi connectivity index (χ3n) is 5.40. The third-order valence-corrected chi connectivity index (χ3v) is 5.40. The molecule has 2 aromatic carbocycles. The van der Waals surface area contributed by atoms with Crippen LogP contribution >= 0.6 is 0 Å². The molecule has 2 atom stereocenters. The van der Waals surface area contributed by atoms with Gasteiger partial charge >= 0.3 is 6.09 Å². The van der Waals surface area contributed by atoms with E-state index >= 15 is 0 Å². The first-order valence-corrected chi connectivity index (χ1v) is 10.7. The fourth-order valence-electron chi connectivity index (χ4n) is 3.84. The summed E-state index contributed by atoms with van der Waals surface area (Å²) in [6.45, 7) is 2.95. The number of ether oxygens (including phenoxy) is 2. The summed E-state index contributed by atoms with van der Waals surface area (Å²) in [6.07, 6.45) is 1.20. The summed E-state index contributed by atoms with van der Waals surface area (Å²) < 4.78 is 10.5. The maximum absolute atomic E-state index is 13.2. The molecule has 166 valence electrons. The molecule has 1 aliphatic heterocycles. The molecule has 7 nitrogen and oxygen atoms in total. The Kier molecular flexibility index (Phi) is 8.87. The minimum atomic E-state index is -0.815. The van der Waals surface area contributed by atoms with Crippen molar-refractivity contribution in [3.05, 3.63) is 71.8 Å². The number of benzene rings is 2. The molecular weight excluding hydrogens is 394 g/mol. The van der Waals surface area contributed by atoms with Gasteiger partial charge in [-0.15, -0.1) is 0 Å². The molecule has 2 aromatic rings. The smallest absolute Gasteiger partial charge is 0.407 e. The average Bonchev–Trinajstić information content (AvgIpc) is 2.83. The second kappa shape index (κ2) is 12.1. The molecule has 0 radical (unpaired) electrons. The van der Waals surface area contributed by atoms with Crippen molar-refractivity contribution in [1.29, 1.82) is 0 Å². The Morgan fingerprint density at radius 2 is 1.74 bits per heavy atom. The molecule has 1 saturated heterocycles. The van der Waals surface area contributed by atoms with Crippen LogP contribution in [-0.2, 0) is 14.3 Å². The SMILES string of the molecule is COC(=O)N[C@H](C(=O)NCCC[C@@H]1CNCCO1)C(c1ccccc1)c1ccccc1. The molecule has 0 spiro atoms. The minimum absolute atomic E-state index is 0.177. The van der Waals surface area contributed by atoms with E-state index in [1.54, 1.807) is 0 Å². The lowest BCUT2D eigenvalue weighted by molar-refractivity contribution is -0.123. The van der Waals surface area contributed by atoms with Crippen LogP contribution in [0.25, 0.3) is 0 Å². The van der Waals surface area contributed by atoms with Crippen molar-refractivity contribution < 1.29 is 19.1 Å². The van der Waals surface area contributed by atoms with Crippen LogP contribution in [0.5, 0.6) is 0 Å². The minimum Gasteiger partial charge on any atom is -0.453 e. The standard InChI is InChI=1S/C24H31N3O4/c1-30-24(29)27-22(23(28)26-14-8-13-20-17-25-15-16-31-20)21(18-9-4-2-5-10-18)19-11-6-3-7-12-19/h2-7,9-12,20-22,25H,8,13-17H2,1H3,(H,26,28)(H,27,29)/t20-,22+/m1/s1. The van der Waals surface area contributed by atoms with E-state index in [-0.39, 0.29) is 17.9 Å². The molecule has 0 saturated carbocycles. The maximum atomic E-state index is 13.2. The van der Waals surface area contributed by atoms with Gasteiger partial charge in [0.25, 0.3) is 0 Å². The van der Waals surface area contributed by atoms with E-state index in [1.807, 2.05) is 60.7 Å². The Morgan fingerprint density at radius 3 is 2.29 bits per heavy atom. The van der Waals surface area contributed by atoms with Gasteiger partial charge in [-0.25, -0.2) is 4.79 Å². The third kappa shape index (κ3) is 6.80. The maximum Gasteiger partial charge on any atom is 0.407 e. The van der Waals surface area contributed by atoms with Gasteiger partial charge in [0.15, 0.2) is 0 Å². The zero-order valence-corrected chi connectivity index (χ0v) is 17.9. The summed E-state index contributed by atoms with van der Waals surface area (Å²) in [5.74, 6) is -0.599. The highest BCUT2D eigenvalue weighted by Crippen LogP contribution is 2.28. The molecular formula is C24H31N3O4. The Bertz CT molecular complexity index is 771. The first-order chi connectivity index (χ1) is 15.2. The Hall–Kier alpha value is -2.90. The largest absolute Gasteiger partial charge is 0.453 e. The van der Waals surface area contributed by atoms with Crippen molar-refractivity contribution in [2.24, 2.45) is 0 Å². The number of carbonyl (C=O) groups is 2. The van der Waals surface area contributed by atoms with Crippen LogP contribution in [0.15, 0.2) is 60.7 Å². The number of morpholine rings is 1. The Labute approximate surface area is 183 Å². The summed E-state index contributed by atoms with van der Waals surface area (Å²) in [7, 11) is 1.29. The summed E-state index contributed by atoms with van der Waals surface area (Å²) >= 11 is 0. The monoisotopic (exact) mass is 425 g/mol. The van der Waals surface area contributed by atoms with Gasteiger partial charge in [-0.1, -0.05) is 60.7 Å². The van der Waals surface area contributed by atoms with E-state index in [2.05, 4.69) is 16.0 Å². The van der Waals surface area contributed by atoms with Gasteiger partial charge in [-0.3, -0.25) is 4.79 Å². The molecule has 7 heteroatoms. The molecule has 2 amide bonds. The van der Waals surface area contributed by atoms with Crippen LogP contribution in [0.1, 0.15) is 29.9 Å². The van der Waals surface area contributed by atoms with Crippen molar-refractivity contribution in [3.63, 3.8) is 0 Å². The highest BCUT2D eigenvalue weighted by atomic mass is 16.5. The molecule has 3 N–H and O–H groups in total. The zero-order chi connectivity index (χ0) is 21.9. The van der Waals surface area contributed by atoms with E-state index in [1.165, 1.54) is 7.11 Å². The van der Waals surface area contributed by atoms with E-state index in [9.17, 15) is 9.59 Å². The number of hydrogen-bond donors (Lipinski definition) is 3. The molecule has 1 heterocycles. The van der Waals surface area contributed by atoms with Crippen LogP contribution in [-0.4, -0.2) is 57.5 Å².